The summed E-state index contributed by atoms with van der Waals surface area (Å²) in [6.07, 6.45) is 0.902. The lowest BCUT2D eigenvalue weighted by Gasteiger charge is -2.07. The van der Waals surface area contributed by atoms with Gasteiger partial charge in [-0.15, -0.1) is 0 Å². The van der Waals surface area contributed by atoms with Gasteiger partial charge in [0.25, 0.3) is 0 Å². The van der Waals surface area contributed by atoms with Gasteiger partial charge >= 0.3 is 11.9 Å². The van der Waals surface area contributed by atoms with Gasteiger partial charge in [0.05, 0.1) is 0 Å². The van der Waals surface area contributed by atoms with Crippen LogP contribution in [0.3, 0.4) is 0 Å². The first-order valence-electron chi connectivity index (χ1n) is 4.88. The van der Waals surface area contributed by atoms with Crippen molar-refractivity contribution in [1.29, 1.82) is 0 Å². The van der Waals surface area contributed by atoms with Gasteiger partial charge in [-0.25, -0.2) is 4.79 Å². The highest BCUT2D eigenvalue weighted by atomic mass is 16.5. The van der Waals surface area contributed by atoms with E-state index in [1.807, 2.05) is 6.92 Å². The molecule has 0 unspecified atom stereocenters. The minimum atomic E-state index is -1.17. The summed E-state index contributed by atoms with van der Waals surface area (Å²) in [4.78, 5) is 22.1. The third-order valence-corrected chi connectivity index (χ3v) is 1.91. The van der Waals surface area contributed by atoms with Gasteiger partial charge in [0.1, 0.15) is 11.3 Å². The second-order valence-electron chi connectivity index (χ2n) is 3.28. The van der Waals surface area contributed by atoms with Crippen LogP contribution in [0.15, 0.2) is 18.2 Å². The average Bonchev–Trinajstić information content (AvgIpc) is 2.20. The van der Waals surface area contributed by atoms with E-state index in [1.54, 1.807) is 0 Å². The van der Waals surface area contributed by atoms with E-state index in [0.29, 0.717) is 12.1 Å². The first-order valence-corrected chi connectivity index (χ1v) is 4.88. The number of carbonyl (C=O) groups excluding carboxylic acids is 1. The molecule has 0 atom stereocenters. The number of carboxylic acid groups (broad SMARTS) is 1. The van der Waals surface area contributed by atoms with Crippen LogP contribution in [-0.2, 0) is 4.79 Å². The number of anilines is 1. The number of carbonyl (C=O) groups is 2. The van der Waals surface area contributed by atoms with Gasteiger partial charge in [-0.3, -0.25) is 4.79 Å². The number of nitrogens with two attached hydrogens (primary N) is 1. The molecule has 5 heteroatoms. The number of esters is 1. The summed E-state index contributed by atoms with van der Waals surface area (Å²) in [6, 6.07) is 4.13. The molecule has 0 aliphatic carbocycles. The smallest absolute Gasteiger partial charge is 0.339 e. The Morgan fingerprint density at radius 2 is 2.06 bits per heavy atom. The van der Waals surface area contributed by atoms with Gasteiger partial charge in [-0.1, -0.05) is 14.4 Å². The normalized spacial score (nSPS) is 9.24. The monoisotopic (exact) mass is 239 g/mol. The minimum absolute atomic E-state index is 0. The molecule has 3 N–H and O–H groups in total. The Morgan fingerprint density at radius 3 is 2.59 bits per heavy atom. The lowest BCUT2D eigenvalue weighted by molar-refractivity contribution is -0.134. The fraction of sp³-hybridized carbons (Fsp3) is 0.333. The topological polar surface area (TPSA) is 89.6 Å². The zero-order valence-electron chi connectivity index (χ0n) is 8.90. The van der Waals surface area contributed by atoms with Crippen molar-refractivity contribution in [1.82, 2.24) is 0 Å². The van der Waals surface area contributed by atoms with Crippen LogP contribution in [0.25, 0.3) is 0 Å². The summed E-state index contributed by atoms with van der Waals surface area (Å²) >= 11 is 0. The fourth-order valence-corrected chi connectivity index (χ4v) is 1.18. The van der Waals surface area contributed by atoms with Crippen LogP contribution in [0.2, 0.25) is 0 Å². The van der Waals surface area contributed by atoms with Crippen molar-refractivity contribution in [2.75, 3.05) is 5.73 Å². The second kappa shape index (κ2) is 6.52. The predicted molar refractivity (Wildman–Crippen MR) is 65.1 cm³/mol. The Balaban J connectivity index is 0.00000256. The van der Waals surface area contributed by atoms with Crippen molar-refractivity contribution in [3.8, 4) is 5.75 Å². The fourth-order valence-electron chi connectivity index (χ4n) is 1.18. The van der Waals surface area contributed by atoms with Gasteiger partial charge in [-0.05, 0) is 24.6 Å². The first-order chi connectivity index (χ1) is 7.54. The number of rotatable bonds is 4. The van der Waals surface area contributed by atoms with Gasteiger partial charge in [0.2, 0.25) is 0 Å². The molecular weight excluding hydrogens is 222 g/mol. The molecule has 0 aromatic heterocycles. The molecule has 0 aliphatic rings. The number of ether oxygens (including phenoxy) is 1. The SMILES string of the molecule is C.CCCC(=O)Oc1ccc(N)cc1C(=O)O. The summed E-state index contributed by atoms with van der Waals surface area (Å²) in [5.74, 6) is -1.60. The number of hydrogen-bond acceptors (Lipinski definition) is 4. The third kappa shape index (κ3) is 4.14. The summed E-state index contributed by atoms with van der Waals surface area (Å²) in [6.45, 7) is 1.84. The average molecular weight is 239 g/mol. The molecule has 0 radical (unpaired) electrons. The minimum Gasteiger partial charge on any atom is -0.478 e. The van der Waals surface area contributed by atoms with Crippen LogP contribution in [0.1, 0.15) is 37.6 Å². The molecule has 0 amide bonds. The summed E-state index contributed by atoms with van der Waals surface area (Å²) in [7, 11) is 0. The molecule has 0 spiro atoms. The summed E-state index contributed by atoms with van der Waals surface area (Å²) < 4.78 is 4.93. The van der Waals surface area contributed by atoms with Crippen LogP contribution in [-0.4, -0.2) is 17.0 Å². The van der Waals surface area contributed by atoms with Crippen molar-refractivity contribution in [3.05, 3.63) is 23.8 Å². The van der Waals surface area contributed by atoms with Crippen molar-refractivity contribution >= 4 is 17.6 Å². The number of hydrogen-bond donors (Lipinski definition) is 2. The maximum absolute atomic E-state index is 11.2. The summed E-state index contributed by atoms with van der Waals surface area (Å²) in [5, 5.41) is 8.89. The van der Waals surface area contributed by atoms with E-state index in [4.69, 9.17) is 15.6 Å². The van der Waals surface area contributed by atoms with Crippen molar-refractivity contribution < 1.29 is 19.4 Å². The van der Waals surface area contributed by atoms with E-state index in [-0.39, 0.29) is 25.2 Å². The second-order valence-corrected chi connectivity index (χ2v) is 3.28. The van der Waals surface area contributed by atoms with Crippen molar-refractivity contribution in [3.63, 3.8) is 0 Å². The molecule has 5 nitrogen and oxygen atoms in total. The number of aromatic carboxylic acids is 1. The molecule has 0 saturated carbocycles. The van der Waals surface area contributed by atoms with Crippen LogP contribution in [0.5, 0.6) is 5.75 Å². The van der Waals surface area contributed by atoms with Crippen LogP contribution in [0.4, 0.5) is 5.69 Å². The van der Waals surface area contributed by atoms with Gasteiger partial charge in [0, 0.05) is 12.1 Å². The molecule has 0 fully saturated rings. The first kappa shape index (κ1) is 15.0. The van der Waals surface area contributed by atoms with Crippen LogP contribution >= 0.6 is 0 Å². The Hall–Kier alpha value is -2.04. The van der Waals surface area contributed by atoms with E-state index in [0.717, 1.165) is 0 Å². The molecule has 17 heavy (non-hydrogen) atoms. The van der Waals surface area contributed by atoms with Gasteiger partial charge in [-0.2, -0.15) is 0 Å². The highest BCUT2D eigenvalue weighted by molar-refractivity contribution is 5.93. The largest absolute Gasteiger partial charge is 0.478 e. The lowest BCUT2D eigenvalue weighted by Crippen LogP contribution is -2.10. The predicted octanol–water partition coefficient (Wildman–Crippen LogP) is 2.31. The highest BCUT2D eigenvalue weighted by Crippen LogP contribution is 2.21. The van der Waals surface area contributed by atoms with Gasteiger partial charge < -0.3 is 15.6 Å². The van der Waals surface area contributed by atoms with E-state index >= 15 is 0 Å². The molecule has 1 aromatic carbocycles. The van der Waals surface area contributed by atoms with Crippen molar-refractivity contribution in [2.24, 2.45) is 0 Å². The zero-order chi connectivity index (χ0) is 12.1. The standard InChI is InChI=1S/C11H13NO4.CH4/c1-2-3-10(13)16-9-5-4-7(12)6-8(9)11(14)15;/h4-6H,2-3,12H2,1H3,(H,14,15);1H4. The van der Waals surface area contributed by atoms with Gasteiger partial charge in [0.15, 0.2) is 0 Å². The lowest BCUT2D eigenvalue weighted by atomic mass is 10.2. The van der Waals surface area contributed by atoms with Crippen molar-refractivity contribution in [2.45, 2.75) is 27.2 Å². The molecule has 1 rings (SSSR count). The molecular formula is C12H17NO4. The van der Waals surface area contributed by atoms with Crippen LogP contribution < -0.4 is 10.5 Å². The molecule has 0 saturated heterocycles. The molecule has 94 valence electrons. The van der Waals surface area contributed by atoms with E-state index in [1.165, 1.54) is 18.2 Å². The Labute approximate surface area is 100 Å². The van der Waals surface area contributed by atoms with E-state index in [9.17, 15) is 9.59 Å². The summed E-state index contributed by atoms with van der Waals surface area (Å²) in [5.41, 5.74) is 5.66. The van der Waals surface area contributed by atoms with Crippen LogP contribution in [0, 0.1) is 0 Å². The Morgan fingerprint density at radius 1 is 1.41 bits per heavy atom. The zero-order valence-corrected chi connectivity index (χ0v) is 8.90. The maximum Gasteiger partial charge on any atom is 0.339 e. The van der Waals surface area contributed by atoms with E-state index < -0.39 is 11.9 Å². The Kier molecular flexibility index (Phi) is 5.74. The third-order valence-electron chi connectivity index (χ3n) is 1.91. The number of nitrogen functional groups attached to an aromatic ring is 1. The quantitative estimate of drug-likeness (QED) is 0.478. The molecule has 0 bridgehead atoms. The molecule has 1 aromatic rings. The highest BCUT2D eigenvalue weighted by Gasteiger charge is 2.14. The molecule has 0 aliphatic heterocycles. The van der Waals surface area contributed by atoms with E-state index in [2.05, 4.69) is 0 Å². The Bertz CT molecular complexity index is 415. The molecule has 0 heterocycles. The maximum atomic E-state index is 11.2. The number of carboxylic acids is 1. The number of benzene rings is 1.